The van der Waals surface area contributed by atoms with E-state index in [1.165, 1.54) is 26.8 Å². The highest BCUT2D eigenvalue weighted by Crippen LogP contribution is 2.35. The van der Waals surface area contributed by atoms with E-state index < -0.39 is 23.0 Å². The first-order valence-electron chi connectivity index (χ1n) is 10.7. The molecule has 0 spiro atoms. The first kappa shape index (κ1) is 31.1. The molecule has 8 heteroatoms. The second-order valence-electron chi connectivity index (χ2n) is 7.71. The van der Waals surface area contributed by atoms with Crippen molar-refractivity contribution in [1.29, 1.82) is 0 Å². The maximum atomic E-state index is 12.4. The number of aryl methyl sites for hydroxylation is 2. The fourth-order valence-electron chi connectivity index (χ4n) is 3.16. The lowest BCUT2D eigenvalue weighted by Gasteiger charge is -2.29. The van der Waals surface area contributed by atoms with Gasteiger partial charge in [-0.1, -0.05) is 37.6 Å². The molecule has 186 valence electrons. The number of aliphatic carboxylic acids is 1. The zero-order chi connectivity index (χ0) is 26.6. The highest BCUT2D eigenvalue weighted by atomic mass is 35.5. The summed E-state index contributed by atoms with van der Waals surface area (Å²) in [6.45, 7) is 9.34. The predicted molar refractivity (Wildman–Crippen MR) is 128 cm³/mol. The fraction of sp³-hybridized carbons (Fsp3) is 0.385. The minimum atomic E-state index is -1.42. The van der Waals surface area contributed by atoms with E-state index in [9.17, 15) is 28.0 Å². The number of hydrogen-bond acceptors (Lipinski definition) is 4. The van der Waals surface area contributed by atoms with Crippen molar-refractivity contribution >= 4 is 34.9 Å². The number of benzene rings is 2. The van der Waals surface area contributed by atoms with Crippen LogP contribution in [0.2, 0.25) is 5.02 Å². The van der Waals surface area contributed by atoms with Gasteiger partial charge in [0.05, 0.1) is 0 Å². The summed E-state index contributed by atoms with van der Waals surface area (Å²) in [5.41, 5.74) is 0.700. The minimum absolute atomic E-state index is 0.126. The van der Waals surface area contributed by atoms with Crippen LogP contribution in [0.15, 0.2) is 36.4 Å². The van der Waals surface area contributed by atoms with Crippen LogP contribution in [0.5, 0.6) is 0 Å². The standard InChI is InChI=1S/C15H17ClO3.C8H8F2.C3H6O2/c1-9-5-6-13(16)7-14(9)15(11(3)18,12(4)19)8-10(2)17;1-2-6-3-4-7(9)8(10)5-6;1-2-3(4)5/h5-7H,8H2,1-4H3;3-5H,2H2,1H3;2H2,1H3,(H,4,5). The number of rotatable bonds is 7. The van der Waals surface area contributed by atoms with E-state index in [0.717, 1.165) is 23.6 Å². The molecule has 0 amide bonds. The Bertz CT molecular complexity index is 1020. The molecule has 0 unspecified atom stereocenters. The van der Waals surface area contributed by atoms with E-state index >= 15 is 0 Å². The third-order valence-electron chi connectivity index (χ3n) is 5.07. The second-order valence-corrected chi connectivity index (χ2v) is 8.14. The van der Waals surface area contributed by atoms with Gasteiger partial charge in [0.1, 0.15) is 22.8 Å². The normalized spacial score (nSPS) is 10.3. The van der Waals surface area contributed by atoms with Gasteiger partial charge in [-0.05, 0) is 75.1 Å². The van der Waals surface area contributed by atoms with Crippen LogP contribution in [0.4, 0.5) is 8.78 Å². The van der Waals surface area contributed by atoms with E-state index in [2.05, 4.69) is 0 Å². The lowest BCUT2D eigenvalue weighted by molar-refractivity contribution is -0.137. The number of carboxylic acid groups (broad SMARTS) is 1. The Balaban J connectivity index is 0.000000601. The van der Waals surface area contributed by atoms with Gasteiger partial charge >= 0.3 is 5.97 Å². The lowest BCUT2D eigenvalue weighted by Crippen LogP contribution is -2.43. The Morgan fingerprint density at radius 3 is 1.82 bits per heavy atom. The first-order valence-corrected chi connectivity index (χ1v) is 11.0. The lowest BCUT2D eigenvalue weighted by atomic mass is 9.69. The zero-order valence-electron chi connectivity index (χ0n) is 20.3. The Morgan fingerprint density at radius 2 is 1.44 bits per heavy atom. The van der Waals surface area contributed by atoms with Crippen molar-refractivity contribution in [2.45, 2.75) is 66.2 Å². The number of carbonyl (C=O) groups excluding carboxylic acids is 3. The molecule has 2 aromatic carbocycles. The largest absolute Gasteiger partial charge is 0.481 e. The molecule has 0 fully saturated rings. The van der Waals surface area contributed by atoms with Crippen LogP contribution < -0.4 is 0 Å². The quantitative estimate of drug-likeness (QED) is 0.471. The molecule has 0 aliphatic rings. The molecule has 0 heterocycles. The number of carboxylic acids is 1. The smallest absolute Gasteiger partial charge is 0.303 e. The molecule has 0 saturated heterocycles. The summed E-state index contributed by atoms with van der Waals surface area (Å²) in [4.78, 5) is 45.0. The van der Waals surface area contributed by atoms with Crippen molar-refractivity contribution in [3.63, 3.8) is 0 Å². The van der Waals surface area contributed by atoms with Crippen molar-refractivity contribution in [3.05, 3.63) is 69.7 Å². The van der Waals surface area contributed by atoms with Crippen molar-refractivity contribution in [3.8, 4) is 0 Å². The van der Waals surface area contributed by atoms with Gasteiger partial charge < -0.3 is 5.11 Å². The highest BCUT2D eigenvalue weighted by molar-refractivity contribution is 6.30. The molecular weight excluding hydrogens is 466 g/mol. The van der Waals surface area contributed by atoms with Crippen LogP contribution in [0.1, 0.15) is 64.2 Å². The van der Waals surface area contributed by atoms with Gasteiger partial charge in [0.2, 0.25) is 0 Å². The number of hydrogen-bond donors (Lipinski definition) is 1. The number of carbonyl (C=O) groups is 4. The molecule has 2 aromatic rings. The first-order chi connectivity index (χ1) is 15.7. The van der Waals surface area contributed by atoms with E-state index in [1.807, 2.05) is 6.92 Å². The molecule has 0 radical (unpaired) electrons. The van der Waals surface area contributed by atoms with Crippen LogP contribution in [0.3, 0.4) is 0 Å². The average molecular weight is 497 g/mol. The number of Topliss-reactive ketones (excluding diaryl/α,β-unsaturated/α-hetero) is 3. The Morgan fingerprint density at radius 1 is 0.912 bits per heavy atom. The van der Waals surface area contributed by atoms with Gasteiger partial charge in [-0.25, -0.2) is 8.78 Å². The number of ketones is 3. The molecule has 0 saturated carbocycles. The Kier molecular flexibility index (Phi) is 13.1. The summed E-state index contributed by atoms with van der Waals surface area (Å²) < 4.78 is 24.7. The molecule has 0 aromatic heterocycles. The Hall–Kier alpha value is -2.93. The van der Waals surface area contributed by atoms with Gasteiger partial charge in [-0.3, -0.25) is 19.2 Å². The summed E-state index contributed by atoms with van der Waals surface area (Å²) in [6, 6.07) is 8.99. The SMILES string of the molecule is CC(=O)CC(C(C)=O)(C(C)=O)c1cc(Cl)ccc1C.CCC(=O)O.CCc1ccc(F)c(F)c1. The topological polar surface area (TPSA) is 88.5 Å². The van der Waals surface area contributed by atoms with Gasteiger partial charge in [0, 0.05) is 17.9 Å². The van der Waals surface area contributed by atoms with Crippen molar-refractivity contribution < 1.29 is 33.1 Å². The van der Waals surface area contributed by atoms with Crippen LogP contribution >= 0.6 is 11.6 Å². The third-order valence-corrected chi connectivity index (χ3v) is 5.31. The van der Waals surface area contributed by atoms with Gasteiger partial charge in [0.15, 0.2) is 11.6 Å². The summed E-state index contributed by atoms with van der Waals surface area (Å²) >= 11 is 5.96. The molecular formula is C26H31ClF2O5. The third kappa shape index (κ3) is 9.14. The van der Waals surface area contributed by atoms with Crippen molar-refractivity contribution in [2.75, 3.05) is 0 Å². The van der Waals surface area contributed by atoms with Crippen LogP contribution in [-0.2, 0) is 31.0 Å². The van der Waals surface area contributed by atoms with Crippen molar-refractivity contribution in [1.82, 2.24) is 0 Å². The molecule has 0 bridgehead atoms. The zero-order valence-corrected chi connectivity index (χ0v) is 21.1. The molecule has 0 atom stereocenters. The molecule has 0 aliphatic carbocycles. The van der Waals surface area contributed by atoms with E-state index in [-0.39, 0.29) is 30.2 Å². The fourth-order valence-corrected chi connectivity index (χ4v) is 3.33. The molecule has 5 nitrogen and oxygen atoms in total. The van der Waals surface area contributed by atoms with Gasteiger partial charge in [-0.15, -0.1) is 0 Å². The maximum absolute atomic E-state index is 12.4. The number of halogens is 3. The van der Waals surface area contributed by atoms with Gasteiger partial charge in [-0.2, -0.15) is 0 Å². The predicted octanol–water partition coefficient (Wildman–Crippen LogP) is 6.05. The average Bonchev–Trinajstić information content (AvgIpc) is 2.76. The van der Waals surface area contributed by atoms with Crippen LogP contribution in [0.25, 0.3) is 0 Å². The van der Waals surface area contributed by atoms with Gasteiger partial charge in [0.25, 0.3) is 0 Å². The summed E-state index contributed by atoms with van der Waals surface area (Å²) in [5, 5.41) is 8.16. The highest BCUT2D eigenvalue weighted by Gasteiger charge is 2.44. The molecule has 1 N–H and O–H groups in total. The van der Waals surface area contributed by atoms with E-state index in [4.69, 9.17) is 16.7 Å². The summed E-state index contributed by atoms with van der Waals surface area (Å²) in [6.07, 6.45) is 0.829. The van der Waals surface area contributed by atoms with Crippen LogP contribution in [-0.4, -0.2) is 28.4 Å². The maximum Gasteiger partial charge on any atom is 0.303 e. The van der Waals surface area contributed by atoms with E-state index in [0.29, 0.717) is 10.6 Å². The summed E-state index contributed by atoms with van der Waals surface area (Å²) in [5.74, 6) is -3.16. The minimum Gasteiger partial charge on any atom is -0.481 e. The monoisotopic (exact) mass is 496 g/mol. The molecule has 2 rings (SSSR count). The van der Waals surface area contributed by atoms with Crippen LogP contribution in [0, 0.1) is 18.6 Å². The second kappa shape index (κ2) is 14.4. The molecule has 0 aliphatic heterocycles. The van der Waals surface area contributed by atoms with E-state index in [1.54, 1.807) is 38.1 Å². The Labute approximate surface area is 204 Å². The summed E-state index contributed by atoms with van der Waals surface area (Å²) in [7, 11) is 0. The van der Waals surface area contributed by atoms with Crippen molar-refractivity contribution in [2.24, 2.45) is 0 Å². The molecule has 34 heavy (non-hydrogen) atoms.